The van der Waals surface area contributed by atoms with Gasteiger partial charge >= 0.3 is 5.97 Å². The molecule has 0 atom stereocenters. The van der Waals surface area contributed by atoms with Gasteiger partial charge in [0.1, 0.15) is 5.82 Å². The number of aliphatic carboxylic acids is 1. The maximum Gasteiger partial charge on any atom is 0.376 e. The van der Waals surface area contributed by atoms with E-state index >= 15 is 0 Å². The van der Waals surface area contributed by atoms with Gasteiger partial charge in [-0.05, 0) is 23.8 Å². The van der Waals surface area contributed by atoms with Crippen LogP contribution in [0.3, 0.4) is 0 Å². The van der Waals surface area contributed by atoms with Crippen molar-refractivity contribution in [2.75, 3.05) is 0 Å². The lowest BCUT2D eigenvalue weighted by molar-refractivity contribution is -0.146. The number of benzene rings is 1. The molecule has 1 aromatic carbocycles. The minimum Gasteiger partial charge on any atom is -0.475 e. The van der Waals surface area contributed by atoms with Crippen LogP contribution in [0.25, 0.3) is 6.08 Å². The smallest absolute Gasteiger partial charge is 0.376 e. The van der Waals surface area contributed by atoms with E-state index < -0.39 is 11.8 Å². The van der Waals surface area contributed by atoms with Gasteiger partial charge in [-0.2, -0.15) is 0 Å². The van der Waals surface area contributed by atoms with E-state index in [9.17, 15) is 14.0 Å². The molecular weight excluding hydrogens is 187 g/mol. The molecule has 1 aromatic rings. The lowest BCUT2D eigenvalue weighted by atomic mass is 10.2. The van der Waals surface area contributed by atoms with Gasteiger partial charge in [-0.3, -0.25) is 4.79 Å². The second-order valence-electron chi connectivity index (χ2n) is 2.55. The van der Waals surface area contributed by atoms with E-state index in [-0.39, 0.29) is 5.82 Å². The van der Waals surface area contributed by atoms with Crippen molar-refractivity contribution in [2.45, 2.75) is 0 Å². The first kappa shape index (κ1) is 10.1. The first-order valence-electron chi connectivity index (χ1n) is 3.80. The average Bonchev–Trinajstić information content (AvgIpc) is 2.16. The number of rotatable bonds is 3. The first-order chi connectivity index (χ1) is 6.59. The van der Waals surface area contributed by atoms with Crippen LogP contribution in [-0.4, -0.2) is 16.9 Å². The molecule has 14 heavy (non-hydrogen) atoms. The van der Waals surface area contributed by atoms with E-state index in [0.717, 1.165) is 6.08 Å². The Morgan fingerprint density at radius 1 is 1.21 bits per heavy atom. The fourth-order valence-corrected chi connectivity index (χ4v) is 0.817. The molecule has 1 N–H and O–H groups in total. The number of carboxylic acid groups (broad SMARTS) is 1. The Kier molecular flexibility index (Phi) is 3.12. The van der Waals surface area contributed by atoms with Crippen molar-refractivity contribution in [3.8, 4) is 0 Å². The Bertz CT molecular complexity index is 379. The van der Waals surface area contributed by atoms with Crippen LogP contribution in [0.5, 0.6) is 0 Å². The second-order valence-corrected chi connectivity index (χ2v) is 2.55. The summed E-state index contributed by atoms with van der Waals surface area (Å²) >= 11 is 0. The summed E-state index contributed by atoms with van der Waals surface area (Å²) in [6.45, 7) is 0. The summed E-state index contributed by atoms with van der Waals surface area (Å²) in [4.78, 5) is 20.7. The van der Waals surface area contributed by atoms with Gasteiger partial charge in [0, 0.05) is 0 Å². The van der Waals surface area contributed by atoms with Crippen LogP contribution in [0.15, 0.2) is 30.3 Å². The van der Waals surface area contributed by atoms with Crippen molar-refractivity contribution in [3.63, 3.8) is 0 Å². The molecule has 0 bridgehead atoms. The molecule has 0 unspecified atom stereocenters. The van der Waals surface area contributed by atoms with Gasteiger partial charge in [-0.25, -0.2) is 9.18 Å². The Morgan fingerprint density at radius 3 is 2.29 bits per heavy atom. The van der Waals surface area contributed by atoms with Crippen molar-refractivity contribution < 1.29 is 19.1 Å². The van der Waals surface area contributed by atoms with Crippen molar-refractivity contribution in [1.29, 1.82) is 0 Å². The third-order valence-corrected chi connectivity index (χ3v) is 1.51. The van der Waals surface area contributed by atoms with Crippen LogP contribution < -0.4 is 0 Å². The molecule has 3 nitrogen and oxygen atoms in total. The average molecular weight is 194 g/mol. The van der Waals surface area contributed by atoms with E-state index in [4.69, 9.17) is 5.11 Å². The highest BCUT2D eigenvalue weighted by atomic mass is 19.1. The second kappa shape index (κ2) is 4.32. The number of carbonyl (C=O) groups is 2. The zero-order valence-corrected chi connectivity index (χ0v) is 7.11. The van der Waals surface area contributed by atoms with Gasteiger partial charge < -0.3 is 5.11 Å². The van der Waals surface area contributed by atoms with Crippen LogP contribution in [0, 0.1) is 5.82 Å². The molecule has 0 fully saturated rings. The molecule has 0 saturated carbocycles. The Balaban J connectivity index is 2.74. The first-order valence-corrected chi connectivity index (χ1v) is 3.80. The maximum absolute atomic E-state index is 12.4. The largest absolute Gasteiger partial charge is 0.475 e. The summed E-state index contributed by atoms with van der Waals surface area (Å²) in [6, 6.07) is 5.35. The highest BCUT2D eigenvalue weighted by Crippen LogP contribution is 2.04. The Hall–Kier alpha value is -1.97. The predicted octanol–water partition coefficient (Wildman–Crippen LogP) is 1.49. The standard InChI is InChI=1S/C10H7FO3/c11-8-4-1-7(2-5-8)3-6-9(12)10(13)14/h1-6H,(H,13,14)/b6-3-. The summed E-state index contributed by atoms with van der Waals surface area (Å²) in [5, 5.41) is 8.24. The van der Waals surface area contributed by atoms with Gasteiger partial charge in [0.2, 0.25) is 0 Å². The minimum atomic E-state index is -1.51. The van der Waals surface area contributed by atoms with E-state index in [0.29, 0.717) is 5.56 Å². The van der Waals surface area contributed by atoms with Crippen LogP contribution in [0.4, 0.5) is 4.39 Å². The highest BCUT2D eigenvalue weighted by molar-refractivity contribution is 6.38. The monoisotopic (exact) mass is 194 g/mol. The van der Waals surface area contributed by atoms with E-state index in [2.05, 4.69) is 0 Å². The van der Waals surface area contributed by atoms with Crippen LogP contribution in [0.2, 0.25) is 0 Å². The zero-order chi connectivity index (χ0) is 10.6. The molecule has 0 amide bonds. The Labute approximate surface area is 79.5 Å². The van der Waals surface area contributed by atoms with E-state index in [1.54, 1.807) is 0 Å². The van der Waals surface area contributed by atoms with Gasteiger partial charge in [0.15, 0.2) is 0 Å². The van der Waals surface area contributed by atoms with E-state index in [1.807, 2.05) is 0 Å². The van der Waals surface area contributed by atoms with Crippen molar-refractivity contribution in [3.05, 3.63) is 41.7 Å². The minimum absolute atomic E-state index is 0.383. The van der Waals surface area contributed by atoms with Gasteiger partial charge in [-0.15, -0.1) is 0 Å². The fourth-order valence-electron chi connectivity index (χ4n) is 0.817. The zero-order valence-electron chi connectivity index (χ0n) is 7.11. The van der Waals surface area contributed by atoms with Crippen LogP contribution in [-0.2, 0) is 9.59 Å². The molecule has 1 rings (SSSR count). The van der Waals surface area contributed by atoms with Gasteiger partial charge in [0.25, 0.3) is 5.78 Å². The molecule has 0 saturated heterocycles. The maximum atomic E-state index is 12.4. The molecule has 0 spiro atoms. The number of carbonyl (C=O) groups excluding carboxylic acids is 1. The third kappa shape index (κ3) is 2.82. The molecule has 0 aliphatic carbocycles. The molecule has 0 aliphatic heterocycles. The number of halogens is 1. The topological polar surface area (TPSA) is 54.4 Å². The number of hydrogen-bond donors (Lipinski definition) is 1. The molecule has 0 aromatic heterocycles. The molecule has 0 heterocycles. The lowest BCUT2D eigenvalue weighted by Crippen LogP contribution is -2.08. The molecule has 0 aliphatic rings. The summed E-state index contributed by atoms with van der Waals surface area (Å²) in [5.41, 5.74) is 0.570. The highest BCUT2D eigenvalue weighted by Gasteiger charge is 2.05. The quantitative estimate of drug-likeness (QED) is 0.585. The summed E-state index contributed by atoms with van der Waals surface area (Å²) in [7, 11) is 0. The van der Waals surface area contributed by atoms with Crippen molar-refractivity contribution >= 4 is 17.8 Å². The van der Waals surface area contributed by atoms with Crippen molar-refractivity contribution in [1.82, 2.24) is 0 Å². The molecular formula is C10H7FO3. The number of ketones is 1. The predicted molar refractivity (Wildman–Crippen MR) is 48.1 cm³/mol. The van der Waals surface area contributed by atoms with Crippen molar-refractivity contribution in [2.24, 2.45) is 0 Å². The third-order valence-electron chi connectivity index (χ3n) is 1.51. The van der Waals surface area contributed by atoms with E-state index in [1.165, 1.54) is 30.3 Å². The SMILES string of the molecule is O=C(O)C(=O)/C=C\c1ccc(F)cc1. The molecule has 4 heteroatoms. The fraction of sp³-hybridized carbons (Fsp3) is 0. The Morgan fingerprint density at radius 2 is 1.79 bits per heavy atom. The number of carboxylic acids is 1. The van der Waals surface area contributed by atoms with Crippen LogP contribution >= 0.6 is 0 Å². The van der Waals surface area contributed by atoms with Gasteiger partial charge in [0.05, 0.1) is 0 Å². The molecule has 0 radical (unpaired) electrons. The van der Waals surface area contributed by atoms with Crippen LogP contribution in [0.1, 0.15) is 5.56 Å². The summed E-state index contributed by atoms with van der Waals surface area (Å²) in [5.74, 6) is -2.90. The number of hydrogen-bond acceptors (Lipinski definition) is 2. The van der Waals surface area contributed by atoms with Gasteiger partial charge in [-0.1, -0.05) is 18.2 Å². The lowest BCUT2D eigenvalue weighted by Gasteiger charge is -1.91. The summed E-state index contributed by atoms with van der Waals surface area (Å²) in [6.07, 6.45) is 2.24. The normalized spacial score (nSPS) is 10.4. The summed E-state index contributed by atoms with van der Waals surface area (Å²) < 4.78 is 12.4. The molecule has 72 valence electrons.